The van der Waals surface area contributed by atoms with Crippen molar-refractivity contribution in [3.8, 4) is 5.75 Å². The van der Waals surface area contributed by atoms with E-state index in [-0.39, 0.29) is 18.8 Å². The van der Waals surface area contributed by atoms with Crippen molar-refractivity contribution in [3.63, 3.8) is 0 Å². The molecule has 1 aliphatic heterocycles. The highest BCUT2D eigenvalue weighted by Crippen LogP contribution is 2.35. The van der Waals surface area contributed by atoms with Crippen LogP contribution in [-0.2, 0) is 0 Å². The molecule has 1 aromatic carbocycles. The molecule has 17 heavy (non-hydrogen) atoms. The molecule has 0 spiro atoms. The van der Waals surface area contributed by atoms with Gasteiger partial charge in [0.25, 0.3) is 0 Å². The summed E-state index contributed by atoms with van der Waals surface area (Å²) in [6.07, 6.45) is 0.283. The fourth-order valence-corrected chi connectivity index (χ4v) is 2.08. The van der Waals surface area contributed by atoms with Gasteiger partial charge in [-0.1, -0.05) is 11.6 Å². The van der Waals surface area contributed by atoms with Gasteiger partial charge in [0.05, 0.1) is 30.8 Å². The summed E-state index contributed by atoms with van der Waals surface area (Å²) < 4.78 is 5.43. The minimum atomic E-state index is -1.17. The molecule has 0 amide bonds. The number of ketones is 1. The second-order valence-electron chi connectivity index (χ2n) is 4.16. The van der Waals surface area contributed by atoms with Gasteiger partial charge < -0.3 is 14.9 Å². The molecule has 4 nitrogen and oxygen atoms in total. The van der Waals surface area contributed by atoms with E-state index in [1.807, 2.05) is 0 Å². The van der Waals surface area contributed by atoms with Gasteiger partial charge in [-0.25, -0.2) is 0 Å². The highest BCUT2D eigenvalue weighted by molar-refractivity contribution is 6.31. The van der Waals surface area contributed by atoms with Crippen LogP contribution in [-0.4, -0.2) is 35.8 Å². The number of fused-ring (bicyclic) bond motifs is 1. The van der Waals surface area contributed by atoms with Crippen molar-refractivity contribution < 1.29 is 19.7 Å². The van der Waals surface area contributed by atoms with Crippen LogP contribution >= 0.6 is 11.6 Å². The van der Waals surface area contributed by atoms with Crippen molar-refractivity contribution in [2.75, 3.05) is 19.8 Å². The molecule has 0 radical (unpaired) electrons. The molecule has 2 N–H and O–H groups in total. The number of carbonyl (C=O) groups excluding carboxylic acids is 1. The Balaban J connectivity index is 2.52. The molecule has 0 saturated heterocycles. The Labute approximate surface area is 104 Å². The lowest BCUT2D eigenvalue weighted by molar-refractivity contribution is 0.0345. The maximum atomic E-state index is 12.3. The number of ether oxygens (including phenoxy) is 1. The predicted molar refractivity (Wildman–Crippen MR) is 62.5 cm³/mol. The molecule has 0 bridgehead atoms. The Bertz CT molecular complexity index is 440. The first kappa shape index (κ1) is 12.4. The summed E-state index contributed by atoms with van der Waals surface area (Å²) in [5.74, 6) is 0.126. The van der Waals surface area contributed by atoms with E-state index in [0.29, 0.717) is 16.3 Å². The van der Waals surface area contributed by atoms with Crippen LogP contribution in [0.2, 0.25) is 5.02 Å². The van der Waals surface area contributed by atoms with Gasteiger partial charge in [0, 0.05) is 5.02 Å². The monoisotopic (exact) mass is 256 g/mol. The van der Waals surface area contributed by atoms with Gasteiger partial charge in [0.2, 0.25) is 0 Å². The van der Waals surface area contributed by atoms with Gasteiger partial charge in [0.1, 0.15) is 5.75 Å². The van der Waals surface area contributed by atoms with Crippen LogP contribution in [0.1, 0.15) is 16.8 Å². The van der Waals surface area contributed by atoms with Crippen LogP contribution in [0.4, 0.5) is 0 Å². The highest BCUT2D eigenvalue weighted by atomic mass is 35.5. The van der Waals surface area contributed by atoms with Crippen LogP contribution in [0.25, 0.3) is 0 Å². The zero-order chi connectivity index (χ0) is 12.5. The largest absolute Gasteiger partial charge is 0.493 e. The number of rotatable bonds is 2. The van der Waals surface area contributed by atoms with Gasteiger partial charge >= 0.3 is 0 Å². The van der Waals surface area contributed by atoms with Gasteiger partial charge in [0.15, 0.2) is 5.78 Å². The Morgan fingerprint density at radius 1 is 1.35 bits per heavy atom. The Morgan fingerprint density at radius 3 is 2.71 bits per heavy atom. The zero-order valence-electron chi connectivity index (χ0n) is 9.15. The lowest BCUT2D eigenvalue weighted by Crippen LogP contribution is -2.38. The number of aliphatic hydroxyl groups is 2. The minimum absolute atomic E-state index is 0.279. The third-order valence-electron chi connectivity index (χ3n) is 3.11. The summed E-state index contributed by atoms with van der Waals surface area (Å²) in [5.41, 5.74) is -0.853. The van der Waals surface area contributed by atoms with Crippen molar-refractivity contribution in [1.82, 2.24) is 0 Å². The van der Waals surface area contributed by atoms with E-state index < -0.39 is 18.6 Å². The highest BCUT2D eigenvalue weighted by Gasteiger charge is 2.41. The van der Waals surface area contributed by atoms with Crippen molar-refractivity contribution in [2.45, 2.75) is 6.42 Å². The summed E-state index contributed by atoms with van der Waals surface area (Å²) in [6.45, 7) is -0.531. The number of hydrogen-bond acceptors (Lipinski definition) is 4. The summed E-state index contributed by atoms with van der Waals surface area (Å²) in [6, 6.07) is 4.77. The fourth-order valence-electron chi connectivity index (χ4n) is 1.91. The molecule has 0 unspecified atom stereocenters. The Kier molecular flexibility index (Phi) is 3.38. The van der Waals surface area contributed by atoms with Crippen LogP contribution < -0.4 is 4.74 Å². The SMILES string of the molecule is O=C1c2cc(Cl)ccc2OCCC1(CO)CO. The van der Waals surface area contributed by atoms with Crippen molar-refractivity contribution >= 4 is 17.4 Å². The molecule has 1 aromatic rings. The Hall–Kier alpha value is -1.10. The first-order valence-electron chi connectivity index (χ1n) is 5.32. The minimum Gasteiger partial charge on any atom is -0.493 e. The van der Waals surface area contributed by atoms with E-state index in [4.69, 9.17) is 16.3 Å². The van der Waals surface area contributed by atoms with Gasteiger partial charge in [-0.05, 0) is 24.6 Å². The van der Waals surface area contributed by atoms with Gasteiger partial charge in [-0.3, -0.25) is 4.79 Å². The van der Waals surface area contributed by atoms with Crippen LogP contribution in [0.15, 0.2) is 18.2 Å². The topological polar surface area (TPSA) is 66.8 Å². The summed E-state index contributed by atoms with van der Waals surface area (Å²) in [7, 11) is 0. The van der Waals surface area contributed by atoms with Crippen LogP contribution in [0.5, 0.6) is 5.75 Å². The Morgan fingerprint density at radius 2 is 2.06 bits per heavy atom. The van der Waals surface area contributed by atoms with E-state index in [1.54, 1.807) is 12.1 Å². The molecule has 5 heteroatoms. The summed E-state index contributed by atoms with van der Waals surface area (Å²) >= 11 is 5.84. The maximum absolute atomic E-state index is 12.3. The summed E-state index contributed by atoms with van der Waals surface area (Å²) in [4.78, 5) is 12.3. The molecule has 0 aromatic heterocycles. The lowest BCUT2D eigenvalue weighted by Gasteiger charge is -2.25. The molecule has 0 fully saturated rings. The average molecular weight is 257 g/mol. The third kappa shape index (κ3) is 2.04. The molecule has 0 saturated carbocycles. The first-order chi connectivity index (χ1) is 8.13. The molecular weight excluding hydrogens is 244 g/mol. The van der Waals surface area contributed by atoms with Gasteiger partial charge in [-0.2, -0.15) is 0 Å². The van der Waals surface area contributed by atoms with Crippen molar-refractivity contribution in [1.29, 1.82) is 0 Å². The van der Waals surface area contributed by atoms with Crippen molar-refractivity contribution in [3.05, 3.63) is 28.8 Å². The summed E-state index contributed by atoms with van der Waals surface area (Å²) in [5, 5.41) is 19.1. The number of aliphatic hydroxyl groups excluding tert-OH is 2. The molecule has 0 aliphatic carbocycles. The predicted octanol–water partition coefficient (Wildman–Crippen LogP) is 1.28. The van der Waals surface area contributed by atoms with E-state index in [9.17, 15) is 15.0 Å². The van der Waals surface area contributed by atoms with E-state index in [0.717, 1.165) is 0 Å². The van der Waals surface area contributed by atoms with Crippen LogP contribution in [0.3, 0.4) is 0 Å². The van der Waals surface area contributed by atoms with E-state index in [1.165, 1.54) is 6.07 Å². The van der Waals surface area contributed by atoms with Gasteiger partial charge in [-0.15, -0.1) is 0 Å². The molecule has 92 valence electrons. The molecular formula is C12H13ClO4. The first-order valence-corrected chi connectivity index (χ1v) is 5.70. The molecule has 1 aliphatic rings. The normalized spacial score (nSPS) is 18.2. The van der Waals surface area contributed by atoms with E-state index in [2.05, 4.69) is 0 Å². The van der Waals surface area contributed by atoms with E-state index >= 15 is 0 Å². The number of hydrogen-bond donors (Lipinski definition) is 2. The second kappa shape index (κ2) is 4.64. The quantitative estimate of drug-likeness (QED) is 0.837. The number of carbonyl (C=O) groups is 1. The number of Topliss-reactive ketones (excluding diaryl/α,β-unsaturated/α-hetero) is 1. The second-order valence-corrected chi connectivity index (χ2v) is 4.60. The molecule has 2 rings (SSSR count). The molecule has 0 atom stereocenters. The molecule has 1 heterocycles. The maximum Gasteiger partial charge on any atom is 0.177 e. The number of benzene rings is 1. The van der Waals surface area contributed by atoms with Crippen molar-refractivity contribution in [2.24, 2.45) is 5.41 Å². The number of halogens is 1. The smallest absolute Gasteiger partial charge is 0.177 e. The lowest BCUT2D eigenvalue weighted by atomic mass is 9.79. The third-order valence-corrected chi connectivity index (χ3v) is 3.35. The van der Waals surface area contributed by atoms with Crippen LogP contribution in [0, 0.1) is 5.41 Å². The average Bonchev–Trinajstić information content (AvgIpc) is 2.48. The fraction of sp³-hybridized carbons (Fsp3) is 0.417. The standard InChI is InChI=1S/C12H13ClO4/c13-8-1-2-10-9(5-8)11(16)12(6-14,7-15)3-4-17-10/h1-2,5,14-15H,3-4,6-7H2. The zero-order valence-corrected chi connectivity index (χ0v) is 9.91.